The van der Waals surface area contributed by atoms with Gasteiger partial charge in [0.15, 0.2) is 5.79 Å². The van der Waals surface area contributed by atoms with E-state index in [1.165, 1.54) is 38.5 Å². The van der Waals surface area contributed by atoms with Crippen LogP contribution in [-0.4, -0.2) is 19.0 Å². The molecule has 0 aromatic rings. The molecule has 1 spiro atoms. The predicted octanol–water partition coefficient (Wildman–Crippen LogP) is 6.38. The molecule has 0 radical (unpaired) electrons. The molecule has 28 heavy (non-hydrogen) atoms. The predicted molar refractivity (Wildman–Crippen MR) is 114 cm³/mol. The Bertz CT molecular complexity index is 674. The summed E-state index contributed by atoms with van der Waals surface area (Å²) in [7, 11) is 0. The normalized spacial score (nSPS) is 50.4. The zero-order valence-corrected chi connectivity index (χ0v) is 18.5. The van der Waals surface area contributed by atoms with Crippen LogP contribution in [0.5, 0.6) is 0 Å². The highest BCUT2D eigenvalue weighted by Crippen LogP contribution is 2.70. The van der Waals surface area contributed by atoms with Crippen molar-refractivity contribution in [2.24, 2.45) is 46.3 Å². The minimum Gasteiger partial charge on any atom is -0.347 e. The summed E-state index contributed by atoms with van der Waals surface area (Å²) < 4.78 is 12.9. The first-order valence-corrected chi connectivity index (χ1v) is 11.9. The van der Waals surface area contributed by atoms with Crippen LogP contribution in [0.15, 0.2) is 24.3 Å². The molecule has 1 unspecified atom stereocenters. The number of fused-ring (bicyclic) bond motifs is 5. The highest BCUT2D eigenvalue weighted by atomic mass is 16.7. The second-order valence-electron chi connectivity index (χ2n) is 11.4. The van der Waals surface area contributed by atoms with E-state index in [0.717, 1.165) is 37.4 Å². The van der Waals surface area contributed by atoms with Crippen molar-refractivity contribution in [2.45, 2.75) is 78.4 Å². The third-order valence-corrected chi connectivity index (χ3v) is 10.2. The van der Waals surface area contributed by atoms with Crippen LogP contribution >= 0.6 is 0 Å². The van der Waals surface area contributed by atoms with Crippen molar-refractivity contribution in [1.82, 2.24) is 0 Å². The summed E-state index contributed by atoms with van der Waals surface area (Å²) in [5.74, 6) is 3.76. The van der Waals surface area contributed by atoms with E-state index < -0.39 is 0 Å². The Balaban J connectivity index is 1.53. The molecular weight excluding hydrogens is 344 g/mol. The van der Waals surface area contributed by atoms with Crippen molar-refractivity contribution >= 4 is 0 Å². The van der Waals surface area contributed by atoms with Crippen molar-refractivity contribution in [3.8, 4) is 0 Å². The molecule has 5 rings (SSSR count). The van der Waals surface area contributed by atoms with E-state index in [0.29, 0.717) is 28.6 Å². The van der Waals surface area contributed by atoms with Crippen molar-refractivity contribution in [3.05, 3.63) is 24.3 Å². The molecule has 1 aliphatic heterocycles. The summed E-state index contributed by atoms with van der Waals surface area (Å²) >= 11 is 0. The van der Waals surface area contributed by atoms with Crippen LogP contribution in [0, 0.1) is 46.3 Å². The Hall–Kier alpha value is -0.600. The number of hydrogen-bond donors (Lipinski definition) is 0. The van der Waals surface area contributed by atoms with Crippen molar-refractivity contribution in [2.75, 3.05) is 13.2 Å². The Kier molecular flexibility index (Phi) is 4.46. The topological polar surface area (TPSA) is 18.5 Å². The highest BCUT2D eigenvalue weighted by Gasteiger charge is 2.68. The summed E-state index contributed by atoms with van der Waals surface area (Å²) in [6, 6.07) is 0. The fraction of sp³-hybridized carbons (Fsp3) is 0.846. The Morgan fingerprint density at radius 1 is 1.14 bits per heavy atom. The number of hydrogen-bond acceptors (Lipinski definition) is 2. The molecule has 3 saturated carbocycles. The first-order chi connectivity index (χ1) is 13.3. The van der Waals surface area contributed by atoms with Crippen molar-refractivity contribution < 1.29 is 9.47 Å². The second-order valence-corrected chi connectivity index (χ2v) is 11.4. The first kappa shape index (κ1) is 19.4. The van der Waals surface area contributed by atoms with Gasteiger partial charge in [-0.1, -0.05) is 45.4 Å². The lowest BCUT2D eigenvalue weighted by molar-refractivity contribution is -0.201. The van der Waals surface area contributed by atoms with E-state index in [2.05, 4.69) is 46.4 Å². The molecular formula is C26H40O2. The summed E-state index contributed by atoms with van der Waals surface area (Å²) in [6.07, 6.45) is 14.1. The zero-order valence-electron chi connectivity index (χ0n) is 18.5. The summed E-state index contributed by atoms with van der Waals surface area (Å²) in [5.41, 5.74) is 2.56. The molecule has 4 fully saturated rings. The molecule has 156 valence electrons. The summed E-state index contributed by atoms with van der Waals surface area (Å²) in [4.78, 5) is 0. The van der Waals surface area contributed by atoms with Crippen LogP contribution in [0.1, 0.15) is 72.6 Å². The van der Waals surface area contributed by atoms with Gasteiger partial charge < -0.3 is 9.47 Å². The molecule has 0 N–H and O–H groups in total. The van der Waals surface area contributed by atoms with Gasteiger partial charge in [0.05, 0.1) is 13.2 Å². The fourth-order valence-electron chi connectivity index (χ4n) is 8.80. The Morgan fingerprint density at radius 3 is 2.61 bits per heavy atom. The molecule has 5 aliphatic rings. The van der Waals surface area contributed by atoms with Crippen LogP contribution in [0.2, 0.25) is 0 Å². The Morgan fingerprint density at radius 2 is 1.89 bits per heavy atom. The van der Waals surface area contributed by atoms with E-state index in [-0.39, 0.29) is 5.79 Å². The van der Waals surface area contributed by atoms with E-state index >= 15 is 0 Å². The van der Waals surface area contributed by atoms with Gasteiger partial charge >= 0.3 is 0 Å². The smallest absolute Gasteiger partial charge is 0.172 e. The molecule has 2 nitrogen and oxygen atoms in total. The lowest BCUT2D eigenvalue weighted by Crippen LogP contribution is -2.51. The van der Waals surface area contributed by atoms with Gasteiger partial charge in [-0.25, -0.2) is 0 Å². The number of rotatable bonds is 2. The van der Waals surface area contributed by atoms with Crippen LogP contribution in [0.25, 0.3) is 0 Å². The lowest BCUT2D eigenvalue weighted by atomic mass is 9.46. The number of ether oxygens (including phenoxy) is 2. The van der Waals surface area contributed by atoms with Gasteiger partial charge in [0.1, 0.15) is 0 Å². The average Bonchev–Trinajstić information content (AvgIpc) is 3.23. The SMILES string of the molecule is C=C[C@@H](C)C1C2(C[C@H]3[C@@H]4CC=C5C[C@@H](C)CC[C@]5(C)[C@H]4CC[C@]13C)OCCO2. The van der Waals surface area contributed by atoms with Gasteiger partial charge in [0.2, 0.25) is 0 Å². The van der Waals surface area contributed by atoms with Gasteiger partial charge in [-0.2, -0.15) is 0 Å². The van der Waals surface area contributed by atoms with Crippen molar-refractivity contribution in [1.29, 1.82) is 0 Å². The second kappa shape index (κ2) is 6.45. The quantitative estimate of drug-likeness (QED) is 0.515. The van der Waals surface area contributed by atoms with E-state index in [9.17, 15) is 0 Å². The van der Waals surface area contributed by atoms with Crippen molar-refractivity contribution in [3.63, 3.8) is 0 Å². The summed E-state index contributed by atoms with van der Waals surface area (Å²) in [6.45, 7) is 15.7. The molecule has 8 atom stereocenters. The molecule has 0 bridgehead atoms. The van der Waals surface area contributed by atoms with Gasteiger partial charge in [0.25, 0.3) is 0 Å². The zero-order chi connectivity index (χ0) is 19.7. The van der Waals surface area contributed by atoms with E-state index in [4.69, 9.17) is 9.47 Å². The third kappa shape index (κ3) is 2.46. The summed E-state index contributed by atoms with van der Waals surface area (Å²) in [5, 5.41) is 0. The maximum atomic E-state index is 6.43. The molecule has 0 amide bonds. The van der Waals surface area contributed by atoms with Gasteiger partial charge in [-0.15, -0.1) is 6.58 Å². The van der Waals surface area contributed by atoms with Gasteiger partial charge in [0, 0.05) is 12.3 Å². The van der Waals surface area contributed by atoms with Crippen LogP contribution < -0.4 is 0 Å². The molecule has 0 aromatic carbocycles. The minimum absolute atomic E-state index is 0.308. The lowest BCUT2D eigenvalue weighted by Gasteiger charge is -2.58. The van der Waals surface area contributed by atoms with E-state index in [1.807, 2.05) is 0 Å². The fourth-order valence-corrected chi connectivity index (χ4v) is 8.80. The Labute approximate surface area is 172 Å². The minimum atomic E-state index is -0.353. The molecule has 0 aromatic heterocycles. The van der Waals surface area contributed by atoms with Gasteiger partial charge in [-0.3, -0.25) is 0 Å². The maximum absolute atomic E-state index is 6.43. The molecule has 1 saturated heterocycles. The van der Waals surface area contributed by atoms with Crippen LogP contribution in [0.3, 0.4) is 0 Å². The first-order valence-electron chi connectivity index (χ1n) is 11.9. The molecule has 1 heterocycles. The van der Waals surface area contributed by atoms with E-state index in [1.54, 1.807) is 5.57 Å². The average molecular weight is 385 g/mol. The van der Waals surface area contributed by atoms with Crippen LogP contribution in [-0.2, 0) is 9.47 Å². The largest absolute Gasteiger partial charge is 0.347 e. The maximum Gasteiger partial charge on any atom is 0.172 e. The van der Waals surface area contributed by atoms with Gasteiger partial charge in [-0.05, 0) is 78.9 Å². The van der Waals surface area contributed by atoms with Crippen LogP contribution in [0.4, 0.5) is 0 Å². The standard InChI is InChI=1S/C26H40O2/c1-6-18(3)23-25(5)12-10-21-20(22(25)16-26(23)27-13-14-28-26)8-7-19-15-17(2)9-11-24(19,21)4/h6-7,17-18,20-23H,1,8-16H2,2-5H3/t17-,18+,20+,21-,22-,23?,24-,25-/m0/s1. The molecule has 4 aliphatic carbocycles. The molecule has 2 heteroatoms. The number of allylic oxidation sites excluding steroid dienone is 3. The highest BCUT2D eigenvalue weighted by molar-refractivity contribution is 5.26. The monoisotopic (exact) mass is 384 g/mol. The third-order valence-electron chi connectivity index (χ3n) is 10.2.